The molecule has 1 saturated carbocycles. The average Bonchev–Trinajstić information content (AvgIpc) is 2.87. The smallest absolute Gasteiger partial charge is 0.356 e. The molecule has 2 aromatic rings. The number of nitrogens with zero attached hydrogens (tertiary/aromatic N) is 1. The summed E-state index contributed by atoms with van der Waals surface area (Å²) in [6.45, 7) is 0.473. The fraction of sp³-hybridized carbons (Fsp3) is 0.440. The van der Waals surface area contributed by atoms with Crippen LogP contribution in [0.4, 0.5) is 0 Å². The predicted octanol–water partition coefficient (Wildman–Crippen LogP) is 3.01. The Morgan fingerprint density at radius 2 is 1.74 bits per heavy atom. The van der Waals surface area contributed by atoms with E-state index >= 15 is 0 Å². The topological polar surface area (TPSA) is 132 Å². The van der Waals surface area contributed by atoms with E-state index in [1.54, 1.807) is 12.1 Å². The maximum atomic E-state index is 12.6. The highest BCUT2D eigenvalue weighted by atomic mass is 32.2. The second-order valence-corrected chi connectivity index (χ2v) is 10.3. The third-order valence-corrected chi connectivity index (χ3v) is 7.47. The quantitative estimate of drug-likeness (QED) is 0.478. The van der Waals surface area contributed by atoms with Crippen LogP contribution in [0, 0.1) is 5.92 Å². The van der Waals surface area contributed by atoms with Crippen LogP contribution in [0.3, 0.4) is 0 Å². The minimum absolute atomic E-state index is 0.00269. The molecule has 0 unspecified atom stereocenters. The molecular weight excluding hydrogens is 470 g/mol. The molecule has 1 aliphatic rings. The molecule has 9 nitrogen and oxygen atoms in total. The minimum atomic E-state index is -4.10. The van der Waals surface area contributed by atoms with E-state index < -0.39 is 21.9 Å². The molecular formula is C25H31N3O6S. The van der Waals surface area contributed by atoms with Gasteiger partial charge in [-0.05, 0) is 48.6 Å². The van der Waals surface area contributed by atoms with Crippen LogP contribution in [0.15, 0.2) is 47.5 Å². The highest BCUT2D eigenvalue weighted by Gasteiger charge is 2.20. The highest BCUT2D eigenvalue weighted by molar-refractivity contribution is 7.90. The van der Waals surface area contributed by atoms with E-state index in [4.69, 9.17) is 0 Å². The van der Waals surface area contributed by atoms with Crippen molar-refractivity contribution < 1.29 is 27.5 Å². The zero-order valence-electron chi connectivity index (χ0n) is 19.8. The van der Waals surface area contributed by atoms with E-state index in [-0.39, 0.29) is 22.1 Å². The molecule has 1 aromatic carbocycles. The van der Waals surface area contributed by atoms with Gasteiger partial charge >= 0.3 is 5.97 Å². The maximum Gasteiger partial charge on any atom is 0.356 e. The van der Waals surface area contributed by atoms with Gasteiger partial charge in [0.05, 0.1) is 17.6 Å². The summed E-state index contributed by atoms with van der Waals surface area (Å²) in [6.07, 6.45) is 9.44. The van der Waals surface area contributed by atoms with Gasteiger partial charge < -0.3 is 10.1 Å². The Morgan fingerprint density at radius 1 is 1.03 bits per heavy atom. The van der Waals surface area contributed by atoms with Gasteiger partial charge in [-0.25, -0.2) is 22.9 Å². The summed E-state index contributed by atoms with van der Waals surface area (Å²) in [5, 5.41) is 2.93. The van der Waals surface area contributed by atoms with Gasteiger partial charge in [0.1, 0.15) is 5.69 Å². The van der Waals surface area contributed by atoms with Gasteiger partial charge in [-0.1, -0.05) is 44.2 Å². The van der Waals surface area contributed by atoms with E-state index in [0.717, 1.165) is 18.2 Å². The SMILES string of the molecule is COC(=O)c1ccc(C(=O)NS(=O)(=O)c2ccc(CCNC(=O)CCC3CCCCC3)cc2)cn1. The lowest BCUT2D eigenvalue weighted by molar-refractivity contribution is -0.121. The lowest BCUT2D eigenvalue weighted by atomic mass is 9.86. The van der Waals surface area contributed by atoms with Crippen molar-refractivity contribution in [2.45, 2.75) is 56.3 Å². The fourth-order valence-corrected chi connectivity index (χ4v) is 5.05. The van der Waals surface area contributed by atoms with Gasteiger partial charge in [-0.3, -0.25) is 9.59 Å². The molecule has 3 rings (SSSR count). The maximum absolute atomic E-state index is 12.6. The number of amides is 2. The van der Waals surface area contributed by atoms with Crippen LogP contribution in [-0.2, 0) is 26.0 Å². The number of rotatable bonds is 10. The number of ether oxygens (including phenoxy) is 1. The average molecular weight is 502 g/mol. The Hall–Kier alpha value is -3.27. The Labute approximate surface area is 205 Å². The summed E-state index contributed by atoms with van der Waals surface area (Å²) in [7, 11) is -2.89. The third kappa shape index (κ3) is 7.88. The standard InChI is InChI=1S/C25H31N3O6S/c1-34-25(31)22-13-10-20(17-27-22)24(30)28-35(32,33)21-11-7-19(8-12-21)15-16-26-23(29)14-9-18-5-3-2-4-6-18/h7-8,10-13,17-18H,2-6,9,14-16H2,1H3,(H,26,29)(H,28,30). The molecule has 1 heterocycles. The Bertz CT molecular complexity index is 1120. The molecule has 0 aliphatic heterocycles. The molecule has 2 amide bonds. The number of aromatic nitrogens is 1. The summed E-state index contributed by atoms with van der Waals surface area (Å²) in [5.41, 5.74) is 0.852. The summed E-state index contributed by atoms with van der Waals surface area (Å²) in [5.74, 6) is -0.816. The van der Waals surface area contributed by atoms with Gasteiger partial charge in [-0.15, -0.1) is 0 Å². The molecule has 35 heavy (non-hydrogen) atoms. The number of benzene rings is 1. The molecule has 188 valence electrons. The van der Waals surface area contributed by atoms with Crippen molar-refractivity contribution >= 4 is 27.8 Å². The molecule has 1 fully saturated rings. The zero-order valence-corrected chi connectivity index (χ0v) is 20.6. The molecule has 0 spiro atoms. The summed E-state index contributed by atoms with van der Waals surface area (Å²) in [6, 6.07) is 8.69. The lowest BCUT2D eigenvalue weighted by Gasteiger charge is -2.20. The number of carbonyl (C=O) groups is 3. The van der Waals surface area contributed by atoms with Crippen molar-refractivity contribution in [1.29, 1.82) is 0 Å². The molecule has 0 radical (unpaired) electrons. The number of esters is 1. The van der Waals surface area contributed by atoms with Crippen molar-refractivity contribution in [3.8, 4) is 0 Å². The number of sulfonamides is 1. The second-order valence-electron chi connectivity index (χ2n) is 8.64. The molecule has 0 saturated heterocycles. The summed E-state index contributed by atoms with van der Waals surface area (Å²) in [4.78, 5) is 39.6. The van der Waals surface area contributed by atoms with Gasteiger partial charge in [0.2, 0.25) is 5.91 Å². The Balaban J connectivity index is 1.46. The first-order chi connectivity index (χ1) is 16.8. The molecule has 1 aliphatic carbocycles. The van der Waals surface area contributed by atoms with E-state index in [1.807, 2.05) is 4.72 Å². The van der Waals surface area contributed by atoms with Crippen LogP contribution < -0.4 is 10.0 Å². The number of hydrogen-bond donors (Lipinski definition) is 2. The van der Waals surface area contributed by atoms with Crippen LogP contribution in [0.1, 0.15) is 71.4 Å². The van der Waals surface area contributed by atoms with Crippen LogP contribution >= 0.6 is 0 Å². The van der Waals surface area contributed by atoms with Gasteiger partial charge in [0.25, 0.3) is 15.9 Å². The predicted molar refractivity (Wildman–Crippen MR) is 129 cm³/mol. The van der Waals surface area contributed by atoms with Crippen LogP contribution in [0.5, 0.6) is 0 Å². The first-order valence-corrected chi connectivity index (χ1v) is 13.2. The van der Waals surface area contributed by atoms with Crippen LogP contribution in [-0.4, -0.2) is 44.8 Å². The number of pyridine rings is 1. The van der Waals surface area contributed by atoms with E-state index in [1.165, 1.54) is 63.5 Å². The number of carbonyl (C=O) groups excluding carboxylic acids is 3. The minimum Gasteiger partial charge on any atom is -0.464 e. The first kappa shape index (κ1) is 26.3. The van der Waals surface area contributed by atoms with Crippen LogP contribution in [0.25, 0.3) is 0 Å². The number of methoxy groups -OCH3 is 1. The van der Waals surface area contributed by atoms with Gasteiger partial charge in [0, 0.05) is 19.2 Å². The largest absolute Gasteiger partial charge is 0.464 e. The zero-order chi connectivity index (χ0) is 25.3. The molecule has 10 heteroatoms. The van der Waals surface area contributed by atoms with E-state index in [0.29, 0.717) is 25.3 Å². The van der Waals surface area contributed by atoms with Gasteiger partial charge in [-0.2, -0.15) is 0 Å². The molecule has 0 atom stereocenters. The molecule has 1 aromatic heterocycles. The van der Waals surface area contributed by atoms with E-state index in [2.05, 4.69) is 15.0 Å². The lowest BCUT2D eigenvalue weighted by Crippen LogP contribution is -2.30. The second kappa shape index (κ2) is 12.4. The summed E-state index contributed by atoms with van der Waals surface area (Å²) >= 11 is 0. The Kier molecular flexibility index (Phi) is 9.36. The van der Waals surface area contributed by atoms with E-state index in [9.17, 15) is 22.8 Å². The monoisotopic (exact) mass is 501 g/mol. The summed E-state index contributed by atoms with van der Waals surface area (Å²) < 4.78 is 31.7. The van der Waals surface area contributed by atoms with Crippen molar-refractivity contribution in [2.24, 2.45) is 5.92 Å². The normalized spacial score (nSPS) is 14.2. The third-order valence-electron chi connectivity index (χ3n) is 6.12. The number of hydrogen-bond acceptors (Lipinski definition) is 7. The first-order valence-electron chi connectivity index (χ1n) is 11.8. The van der Waals surface area contributed by atoms with Crippen LogP contribution in [0.2, 0.25) is 0 Å². The molecule has 0 bridgehead atoms. The van der Waals surface area contributed by atoms with Crippen molar-refractivity contribution in [2.75, 3.05) is 13.7 Å². The van der Waals surface area contributed by atoms with Crippen molar-refractivity contribution in [3.05, 3.63) is 59.4 Å². The Morgan fingerprint density at radius 3 is 2.37 bits per heavy atom. The van der Waals surface area contributed by atoms with Crippen molar-refractivity contribution in [1.82, 2.24) is 15.0 Å². The fourth-order valence-electron chi connectivity index (χ4n) is 4.07. The number of nitrogens with one attached hydrogen (secondary N) is 2. The molecule has 2 N–H and O–H groups in total. The van der Waals surface area contributed by atoms with Crippen molar-refractivity contribution in [3.63, 3.8) is 0 Å². The van der Waals surface area contributed by atoms with Gasteiger partial charge in [0.15, 0.2) is 0 Å². The highest BCUT2D eigenvalue weighted by Crippen LogP contribution is 2.27.